The van der Waals surface area contributed by atoms with Crippen LogP contribution in [0.15, 0.2) is 18.2 Å². The summed E-state index contributed by atoms with van der Waals surface area (Å²) in [6.07, 6.45) is 0.898. The molecular weight excluding hydrogens is 228 g/mol. The Morgan fingerprint density at radius 1 is 1.39 bits per heavy atom. The monoisotopic (exact) mass is 248 g/mol. The Bertz CT molecular complexity index is 445. The van der Waals surface area contributed by atoms with Crippen molar-refractivity contribution in [1.29, 1.82) is 0 Å². The predicted octanol–water partition coefficient (Wildman–Crippen LogP) is 0.991. The average molecular weight is 248 g/mol. The van der Waals surface area contributed by atoms with Crippen LogP contribution in [0.5, 0.6) is 0 Å². The Hall–Kier alpha value is -1.55. The molecule has 2 rings (SSSR count). The largest absolute Gasteiger partial charge is 0.394 e. The van der Waals surface area contributed by atoms with Gasteiger partial charge in [0.1, 0.15) is 6.04 Å². The number of nitrogens with zero attached hydrogens (tertiary/aromatic N) is 1. The zero-order chi connectivity index (χ0) is 13.1. The van der Waals surface area contributed by atoms with Gasteiger partial charge in [-0.15, -0.1) is 0 Å². The molecule has 0 radical (unpaired) electrons. The van der Waals surface area contributed by atoms with E-state index in [0.717, 1.165) is 18.7 Å². The van der Waals surface area contributed by atoms with Crippen molar-refractivity contribution in [3.05, 3.63) is 29.3 Å². The van der Waals surface area contributed by atoms with E-state index in [1.807, 2.05) is 11.0 Å². The molecule has 1 aliphatic rings. The third-order valence-electron chi connectivity index (χ3n) is 3.55. The summed E-state index contributed by atoms with van der Waals surface area (Å²) in [5.74, 6) is -0.0896. The van der Waals surface area contributed by atoms with Gasteiger partial charge in [-0.25, -0.2) is 0 Å². The minimum Gasteiger partial charge on any atom is -0.394 e. The van der Waals surface area contributed by atoms with E-state index in [9.17, 15) is 9.90 Å². The Morgan fingerprint density at radius 2 is 2.17 bits per heavy atom. The van der Waals surface area contributed by atoms with Gasteiger partial charge in [-0.1, -0.05) is 6.07 Å². The van der Waals surface area contributed by atoms with Crippen molar-refractivity contribution < 1.29 is 9.90 Å². The molecule has 1 saturated heterocycles. The second-order valence-corrected chi connectivity index (χ2v) is 4.80. The number of hydrogen-bond acceptors (Lipinski definition) is 3. The Balaban J connectivity index is 2.32. The van der Waals surface area contributed by atoms with E-state index in [1.54, 1.807) is 0 Å². The van der Waals surface area contributed by atoms with Gasteiger partial charge in [-0.05, 0) is 43.5 Å². The molecule has 1 aromatic rings. The molecule has 1 atom stereocenters. The van der Waals surface area contributed by atoms with Crippen molar-refractivity contribution in [2.75, 3.05) is 24.6 Å². The van der Waals surface area contributed by atoms with Crippen LogP contribution in [-0.2, 0) is 4.79 Å². The third-order valence-corrected chi connectivity index (χ3v) is 3.55. The number of hydrogen-bond donors (Lipinski definition) is 2. The van der Waals surface area contributed by atoms with Crippen LogP contribution in [0.2, 0.25) is 0 Å². The topological polar surface area (TPSA) is 52.6 Å². The van der Waals surface area contributed by atoms with Gasteiger partial charge in [-0.2, -0.15) is 0 Å². The number of aliphatic hydroxyl groups excluding tert-OH is 1. The zero-order valence-electron chi connectivity index (χ0n) is 10.9. The maximum Gasteiger partial charge on any atom is 0.245 e. The van der Waals surface area contributed by atoms with Crippen LogP contribution < -0.4 is 10.2 Å². The highest BCUT2D eigenvalue weighted by atomic mass is 16.3. The summed E-state index contributed by atoms with van der Waals surface area (Å²) in [4.78, 5) is 13.9. The first-order valence-corrected chi connectivity index (χ1v) is 6.36. The maximum atomic E-state index is 11.9. The van der Waals surface area contributed by atoms with Crippen molar-refractivity contribution in [3.8, 4) is 0 Å². The Labute approximate surface area is 108 Å². The molecule has 1 heterocycles. The summed E-state index contributed by atoms with van der Waals surface area (Å²) in [5.41, 5.74) is 3.45. The van der Waals surface area contributed by atoms with Crippen LogP contribution in [0.1, 0.15) is 17.5 Å². The first kappa shape index (κ1) is 12.9. The number of nitrogens with one attached hydrogen (secondary N) is 1. The first-order chi connectivity index (χ1) is 8.63. The Kier molecular flexibility index (Phi) is 3.87. The van der Waals surface area contributed by atoms with E-state index < -0.39 is 6.04 Å². The number of aliphatic hydroxyl groups is 1. The van der Waals surface area contributed by atoms with Crippen LogP contribution in [0.25, 0.3) is 0 Å². The Morgan fingerprint density at radius 3 is 2.83 bits per heavy atom. The zero-order valence-corrected chi connectivity index (χ0v) is 10.9. The number of amides is 1. The van der Waals surface area contributed by atoms with E-state index in [4.69, 9.17) is 0 Å². The normalized spacial score (nSPS) is 20.5. The molecule has 1 aromatic carbocycles. The van der Waals surface area contributed by atoms with Gasteiger partial charge in [0.25, 0.3) is 0 Å². The predicted molar refractivity (Wildman–Crippen MR) is 71.8 cm³/mol. The summed E-state index contributed by atoms with van der Waals surface area (Å²) in [6, 6.07) is 5.68. The van der Waals surface area contributed by atoms with E-state index in [0.29, 0.717) is 6.54 Å². The van der Waals surface area contributed by atoms with E-state index in [1.165, 1.54) is 11.1 Å². The lowest BCUT2D eigenvalue weighted by Gasteiger charge is -2.29. The van der Waals surface area contributed by atoms with Gasteiger partial charge >= 0.3 is 0 Å². The summed E-state index contributed by atoms with van der Waals surface area (Å²) < 4.78 is 0. The minimum absolute atomic E-state index is 0.0896. The fraction of sp³-hybridized carbons (Fsp3) is 0.500. The van der Waals surface area contributed by atoms with Crippen LogP contribution in [-0.4, -0.2) is 36.8 Å². The number of rotatable bonds is 2. The molecule has 1 unspecified atom stereocenters. The third kappa shape index (κ3) is 2.48. The standard InChI is InChI=1S/C14H20N2O2/c1-10-4-5-12(8-11(10)2)16-7-3-6-15-14(18)13(16)9-17/h4-5,8,13,17H,3,6-7,9H2,1-2H3,(H,15,18). The lowest BCUT2D eigenvalue weighted by atomic mass is 10.1. The lowest BCUT2D eigenvalue weighted by molar-refractivity contribution is -0.122. The molecule has 1 fully saturated rings. The van der Waals surface area contributed by atoms with Crippen molar-refractivity contribution in [2.24, 2.45) is 0 Å². The first-order valence-electron chi connectivity index (χ1n) is 6.36. The van der Waals surface area contributed by atoms with Crippen molar-refractivity contribution in [2.45, 2.75) is 26.3 Å². The van der Waals surface area contributed by atoms with E-state index in [-0.39, 0.29) is 12.5 Å². The SMILES string of the molecule is Cc1ccc(N2CCCNC(=O)C2CO)cc1C. The van der Waals surface area contributed by atoms with Crippen molar-refractivity contribution >= 4 is 11.6 Å². The fourth-order valence-corrected chi connectivity index (χ4v) is 2.27. The molecule has 1 aliphatic heterocycles. The molecule has 98 valence electrons. The highest BCUT2D eigenvalue weighted by Gasteiger charge is 2.27. The molecule has 18 heavy (non-hydrogen) atoms. The second kappa shape index (κ2) is 5.40. The summed E-state index contributed by atoms with van der Waals surface area (Å²) in [5, 5.41) is 12.3. The van der Waals surface area contributed by atoms with Gasteiger partial charge < -0.3 is 15.3 Å². The van der Waals surface area contributed by atoms with Crippen LogP contribution in [0, 0.1) is 13.8 Å². The molecule has 4 heteroatoms. The van der Waals surface area contributed by atoms with E-state index in [2.05, 4.69) is 31.3 Å². The van der Waals surface area contributed by atoms with E-state index >= 15 is 0 Å². The van der Waals surface area contributed by atoms with Crippen LogP contribution in [0.3, 0.4) is 0 Å². The summed E-state index contributed by atoms with van der Waals surface area (Å²) in [6.45, 7) is 5.43. The minimum atomic E-state index is -0.477. The number of aryl methyl sites for hydroxylation is 2. The van der Waals surface area contributed by atoms with Gasteiger partial charge in [0.15, 0.2) is 0 Å². The highest BCUT2D eigenvalue weighted by Crippen LogP contribution is 2.22. The molecule has 0 aliphatic carbocycles. The number of carbonyl (C=O) groups is 1. The van der Waals surface area contributed by atoms with Crippen molar-refractivity contribution in [1.82, 2.24) is 5.32 Å². The summed E-state index contributed by atoms with van der Waals surface area (Å²) >= 11 is 0. The quantitative estimate of drug-likeness (QED) is 0.820. The second-order valence-electron chi connectivity index (χ2n) is 4.80. The maximum absolute atomic E-state index is 11.9. The van der Waals surface area contributed by atoms with Crippen LogP contribution in [0.4, 0.5) is 5.69 Å². The smallest absolute Gasteiger partial charge is 0.245 e. The van der Waals surface area contributed by atoms with Crippen molar-refractivity contribution in [3.63, 3.8) is 0 Å². The lowest BCUT2D eigenvalue weighted by Crippen LogP contribution is -2.46. The van der Waals surface area contributed by atoms with Gasteiger partial charge in [0.2, 0.25) is 5.91 Å². The number of benzene rings is 1. The van der Waals surface area contributed by atoms with Gasteiger partial charge in [0, 0.05) is 18.8 Å². The molecule has 1 amide bonds. The molecule has 0 saturated carbocycles. The average Bonchev–Trinajstić information content (AvgIpc) is 2.54. The molecule has 0 spiro atoms. The van der Waals surface area contributed by atoms with Gasteiger partial charge in [-0.3, -0.25) is 4.79 Å². The van der Waals surface area contributed by atoms with Crippen LogP contribution >= 0.6 is 0 Å². The number of carbonyl (C=O) groups excluding carboxylic acids is 1. The molecule has 4 nitrogen and oxygen atoms in total. The number of anilines is 1. The molecule has 0 aromatic heterocycles. The molecule has 2 N–H and O–H groups in total. The summed E-state index contributed by atoms with van der Waals surface area (Å²) in [7, 11) is 0. The fourth-order valence-electron chi connectivity index (χ4n) is 2.27. The van der Waals surface area contributed by atoms with Gasteiger partial charge in [0.05, 0.1) is 6.61 Å². The highest BCUT2D eigenvalue weighted by molar-refractivity contribution is 5.85. The molecular formula is C14H20N2O2. The molecule has 0 bridgehead atoms.